The third kappa shape index (κ3) is 5.06. The van der Waals surface area contributed by atoms with Crippen LogP contribution in [0, 0.1) is 6.92 Å². The smallest absolute Gasteiger partial charge is 0.243 e. The van der Waals surface area contributed by atoms with E-state index < -0.39 is 10.0 Å². The number of amides is 1. The van der Waals surface area contributed by atoms with E-state index in [2.05, 4.69) is 5.32 Å². The number of hydrogen-bond donors (Lipinski definition) is 1. The van der Waals surface area contributed by atoms with Crippen molar-refractivity contribution in [2.75, 3.05) is 25.5 Å². The van der Waals surface area contributed by atoms with E-state index in [9.17, 15) is 13.2 Å². The van der Waals surface area contributed by atoms with Crippen molar-refractivity contribution in [1.29, 1.82) is 0 Å². The number of hydrogen-bond acceptors (Lipinski definition) is 6. The first-order valence-corrected chi connectivity index (χ1v) is 13.7. The number of sulfonamides is 1. The van der Waals surface area contributed by atoms with E-state index in [1.54, 1.807) is 41.7 Å². The number of fused-ring (bicyclic) bond motifs is 1. The number of rotatable bonds is 8. The number of carbonyl (C=O) groups is 1. The van der Waals surface area contributed by atoms with Gasteiger partial charge in [0.2, 0.25) is 15.9 Å². The number of nitrogens with one attached hydrogen (secondary N) is 1. The molecule has 3 aromatic rings. The van der Waals surface area contributed by atoms with Crippen molar-refractivity contribution < 1.29 is 17.9 Å². The summed E-state index contributed by atoms with van der Waals surface area (Å²) in [6.45, 7) is 5.05. The summed E-state index contributed by atoms with van der Waals surface area (Å²) in [5.41, 5.74) is 2.26. The number of anilines is 1. The van der Waals surface area contributed by atoms with Crippen LogP contribution in [0.4, 0.5) is 5.69 Å². The highest BCUT2D eigenvalue weighted by atomic mass is 32.2. The number of aryl methyl sites for hydroxylation is 1. The molecular formula is C25H29N3O4S2. The number of aromatic nitrogens is 1. The molecule has 9 heteroatoms. The Bertz CT molecular complexity index is 1300. The Kier molecular flexibility index (Phi) is 7.45. The molecule has 0 radical (unpaired) electrons. The molecule has 1 aliphatic rings. The van der Waals surface area contributed by atoms with Gasteiger partial charge in [-0.25, -0.2) is 13.4 Å². The van der Waals surface area contributed by atoms with E-state index in [4.69, 9.17) is 9.72 Å². The van der Waals surface area contributed by atoms with Crippen LogP contribution >= 0.6 is 11.8 Å². The van der Waals surface area contributed by atoms with Crippen LogP contribution in [0.15, 0.2) is 58.5 Å². The Morgan fingerprint density at radius 1 is 1.18 bits per heavy atom. The second-order valence-corrected chi connectivity index (χ2v) is 11.4. The highest BCUT2D eigenvalue weighted by Gasteiger charge is 2.27. The number of pyridine rings is 1. The number of carbonyl (C=O) groups excluding carboxylic acids is 1. The predicted octanol–water partition coefficient (Wildman–Crippen LogP) is 4.85. The van der Waals surface area contributed by atoms with Gasteiger partial charge in [0.1, 0.15) is 5.75 Å². The van der Waals surface area contributed by atoms with Gasteiger partial charge in [-0.1, -0.05) is 30.8 Å². The molecule has 1 aromatic heterocycles. The quantitative estimate of drug-likeness (QED) is 0.446. The molecule has 1 saturated heterocycles. The molecule has 2 heterocycles. The zero-order chi connectivity index (χ0) is 24.3. The van der Waals surface area contributed by atoms with Gasteiger partial charge >= 0.3 is 0 Å². The normalized spacial score (nSPS) is 15.4. The van der Waals surface area contributed by atoms with Crippen molar-refractivity contribution in [3.8, 4) is 5.75 Å². The van der Waals surface area contributed by atoms with Crippen LogP contribution in [-0.4, -0.2) is 49.1 Å². The third-order valence-electron chi connectivity index (χ3n) is 5.96. The van der Waals surface area contributed by atoms with E-state index in [0.717, 1.165) is 28.8 Å². The molecule has 0 bridgehead atoms. The highest BCUT2D eigenvalue weighted by molar-refractivity contribution is 8.00. The van der Waals surface area contributed by atoms with Crippen LogP contribution in [0.3, 0.4) is 0 Å². The van der Waals surface area contributed by atoms with Crippen LogP contribution < -0.4 is 10.1 Å². The van der Waals surface area contributed by atoms with Crippen LogP contribution in [0.5, 0.6) is 5.75 Å². The summed E-state index contributed by atoms with van der Waals surface area (Å²) in [5.74, 6) is 0.485. The molecule has 1 fully saturated rings. The topological polar surface area (TPSA) is 88.6 Å². The third-order valence-corrected chi connectivity index (χ3v) is 9.13. The first-order chi connectivity index (χ1) is 16.3. The lowest BCUT2D eigenvalue weighted by molar-refractivity contribution is -0.115. The molecule has 1 atom stereocenters. The molecular weight excluding hydrogens is 470 g/mol. The summed E-state index contributed by atoms with van der Waals surface area (Å²) in [6, 6.07) is 14.3. The molecule has 1 unspecified atom stereocenters. The standard InChI is InChI=1S/C25H29N3O4S2/c1-4-23(25(29)27-21-9-5-6-10-22(21)32-3)33-24-15-17(2)19-16-18(11-12-20(19)26-24)34(30,31)28-13-7-8-14-28/h5-6,9-12,15-16,23H,4,7-8,13-14H2,1-3H3,(H,27,29). The minimum Gasteiger partial charge on any atom is -0.495 e. The lowest BCUT2D eigenvalue weighted by Gasteiger charge is -2.17. The van der Waals surface area contributed by atoms with Crippen molar-refractivity contribution in [2.45, 2.75) is 48.3 Å². The number of thioether (sulfide) groups is 1. The van der Waals surface area contributed by atoms with Crippen LogP contribution in [0.25, 0.3) is 10.9 Å². The van der Waals surface area contributed by atoms with E-state index in [-0.39, 0.29) is 11.2 Å². The van der Waals surface area contributed by atoms with Crippen molar-refractivity contribution in [2.24, 2.45) is 0 Å². The summed E-state index contributed by atoms with van der Waals surface area (Å²) in [5, 5.41) is 4.13. The van der Waals surface area contributed by atoms with Crippen molar-refractivity contribution >= 4 is 44.3 Å². The summed E-state index contributed by atoms with van der Waals surface area (Å²) in [7, 11) is -1.92. The second kappa shape index (κ2) is 10.3. The molecule has 1 N–H and O–H groups in total. The maximum absolute atomic E-state index is 13.0. The fourth-order valence-corrected chi connectivity index (χ4v) is 6.63. The Hall–Kier alpha value is -2.62. The zero-order valence-electron chi connectivity index (χ0n) is 19.6. The Morgan fingerprint density at radius 2 is 1.91 bits per heavy atom. The Morgan fingerprint density at radius 3 is 2.62 bits per heavy atom. The number of para-hydroxylation sites is 2. The lowest BCUT2D eigenvalue weighted by Crippen LogP contribution is -2.27. The van der Waals surface area contributed by atoms with Gasteiger partial charge in [-0.15, -0.1) is 0 Å². The molecule has 0 saturated carbocycles. The van der Waals surface area contributed by atoms with Gasteiger partial charge in [-0.3, -0.25) is 4.79 Å². The van der Waals surface area contributed by atoms with E-state index in [0.29, 0.717) is 41.4 Å². The summed E-state index contributed by atoms with van der Waals surface area (Å²) < 4.78 is 32.8. The van der Waals surface area contributed by atoms with E-state index >= 15 is 0 Å². The average Bonchev–Trinajstić information content (AvgIpc) is 3.38. The van der Waals surface area contributed by atoms with Gasteiger partial charge in [0.05, 0.1) is 33.5 Å². The summed E-state index contributed by atoms with van der Waals surface area (Å²) in [4.78, 5) is 18.0. The molecule has 2 aromatic carbocycles. The number of benzene rings is 2. The maximum atomic E-state index is 13.0. The van der Waals surface area contributed by atoms with Gasteiger partial charge in [-0.2, -0.15) is 4.31 Å². The number of nitrogens with zero attached hydrogens (tertiary/aromatic N) is 2. The summed E-state index contributed by atoms with van der Waals surface area (Å²) in [6.07, 6.45) is 2.42. The fraction of sp³-hybridized carbons (Fsp3) is 0.360. The van der Waals surface area contributed by atoms with Gasteiger partial charge in [0.15, 0.2) is 0 Å². The monoisotopic (exact) mass is 499 g/mol. The summed E-state index contributed by atoms with van der Waals surface area (Å²) >= 11 is 1.40. The van der Waals surface area contributed by atoms with Crippen LogP contribution in [0.2, 0.25) is 0 Å². The molecule has 0 spiro atoms. The van der Waals surface area contributed by atoms with Crippen molar-refractivity contribution in [3.05, 3.63) is 54.1 Å². The predicted molar refractivity (Wildman–Crippen MR) is 136 cm³/mol. The largest absolute Gasteiger partial charge is 0.495 e. The Labute approximate surface area is 205 Å². The van der Waals surface area contributed by atoms with Gasteiger partial charge < -0.3 is 10.1 Å². The van der Waals surface area contributed by atoms with Crippen LogP contribution in [0.1, 0.15) is 31.7 Å². The SMILES string of the molecule is CCC(Sc1cc(C)c2cc(S(=O)(=O)N3CCCC3)ccc2n1)C(=O)Nc1ccccc1OC. The second-order valence-electron chi connectivity index (χ2n) is 8.27. The molecule has 180 valence electrons. The molecule has 7 nitrogen and oxygen atoms in total. The van der Waals surface area contributed by atoms with E-state index in [1.807, 2.05) is 32.0 Å². The van der Waals surface area contributed by atoms with Crippen LogP contribution in [-0.2, 0) is 14.8 Å². The van der Waals surface area contributed by atoms with Crippen molar-refractivity contribution in [1.82, 2.24) is 9.29 Å². The van der Waals surface area contributed by atoms with Crippen molar-refractivity contribution in [3.63, 3.8) is 0 Å². The first-order valence-electron chi connectivity index (χ1n) is 11.4. The molecule has 1 amide bonds. The fourth-order valence-electron chi connectivity index (χ4n) is 4.07. The maximum Gasteiger partial charge on any atom is 0.243 e. The van der Waals surface area contributed by atoms with E-state index in [1.165, 1.54) is 11.8 Å². The highest BCUT2D eigenvalue weighted by Crippen LogP contribution is 2.32. The average molecular weight is 500 g/mol. The molecule has 4 rings (SSSR count). The molecule has 1 aliphatic heterocycles. The zero-order valence-corrected chi connectivity index (χ0v) is 21.2. The molecule has 34 heavy (non-hydrogen) atoms. The van der Waals surface area contributed by atoms with Gasteiger partial charge in [-0.05, 0) is 68.1 Å². The van der Waals surface area contributed by atoms with Gasteiger partial charge in [0, 0.05) is 18.5 Å². The number of ether oxygens (including phenoxy) is 1. The Balaban J connectivity index is 1.56. The minimum atomic E-state index is -3.49. The molecule has 0 aliphatic carbocycles. The first kappa shape index (κ1) is 24.5. The lowest BCUT2D eigenvalue weighted by atomic mass is 10.1. The number of methoxy groups -OCH3 is 1. The minimum absolute atomic E-state index is 0.122. The van der Waals surface area contributed by atoms with Gasteiger partial charge in [0.25, 0.3) is 0 Å².